The van der Waals surface area contributed by atoms with E-state index in [1.165, 1.54) is 12.1 Å². The Balaban J connectivity index is 0.000000948. The maximum Gasteiger partial charge on any atom is 0.125 e. The Morgan fingerprint density at radius 1 is 0.962 bits per heavy atom. The fourth-order valence-corrected chi connectivity index (χ4v) is 2.64. The second kappa shape index (κ2) is 11.9. The van der Waals surface area contributed by atoms with Gasteiger partial charge in [0.15, 0.2) is 0 Å². The van der Waals surface area contributed by atoms with Crippen LogP contribution < -0.4 is 0 Å². The summed E-state index contributed by atoms with van der Waals surface area (Å²) in [6, 6.07) is 12.5. The third kappa shape index (κ3) is 5.20. The first kappa shape index (κ1) is 23.4. The second-order valence-corrected chi connectivity index (χ2v) is 5.25. The largest absolute Gasteiger partial charge is 0.307 e. The second-order valence-electron chi connectivity index (χ2n) is 4.88. The molecule has 0 bridgehead atoms. The van der Waals surface area contributed by atoms with Gasteiger partial charge in [-0.2, -0.15) is 0 Å². The van der Waals surface area contributed by atoms with E-state index in [1.54, 1.807) is 6.07 Å². The van der Waals surface area contributed by atoms with Crippen LogP contribution in [0.3, 0.4) is 0 Å². The number of hydrogen-bond donors (Lipinski definition) is 0. The molecule has 3 aromatic rings. The van der Waals surface area contributed by atoms with E-state index < -0.39 is 0 Å². The molecule has 0 aliphatic carbocycles. The summed E-state index contributed by atoms with van der Waals surface area (Å²) in [7, 11) is 0. The van der Waals surface area contributed by atoms with Crippen molar-refractivity contribution in [2.24, 2.45) is 0 Å². The molecule has 0 spiro atoms. The maximum absolute atomic E-state index is 13.4. The van der Waals surface area contributed by atoms with E-state index in [4.69, 9.17) is 21.2 Å². The van der Waals surface area contributed by atoms with Crippen molar-refractivity contribution in [2.45, 2.75) is 27.7 Å². The Kier molecular flexibility index (Phi) is 10.7. The summed E-state index contributed by atoms with van der Waals surface area (Å²) in [5.74, 6) is -0.305. The zero-order chi connectivity index (χ0) is 20.3. The van der Waals surface area contributed by atoms with Gasteiger partial charge in [-0.1, -0.05) is 49.7 Å². The molecule has 0 radical (unpaired) electrons. The molecule has 5 heteroatoms. The maximum atomic E-state index is 13.4. The highest BCUT2D eigenvalue weighted by Gasteiger charge is 2.13. The molecule has 2 aromatic carbocycles. The van der Waals surface area contributed by atoms with Crippen LogP contribution in [-0.4, -0.2) is 18.6 Å². The van der Waals surface area contributed by atoms with Crippen molar-refractivity contribution >= 4 is 36.1 Å². The number of fused-ring (bicyclic) bond motifs is 1. The molecule has 3 nitrogen and oxygen atoms in total. The van der Waals surface area contributed by atoms with Crippen LogP contribution in [0.4, 0.5) is 4.39 Å². The quantitative estimate of drug-likeness (QED) is 0.526. The Morgan fingerprint density at radius 2 is 1.54 bits per heavy atom. The van der Waals surface area contributed by atoms with Crippen LogP contribution in [0.5, 0.6) is 0 Å². The van der Waals surface area contributed by atoms with Gasteiger partial charge in [-0.3, -0.25) is 0 Å². The van der Waals surface area contributed by atoms with Crippen molar-refractivity contribution in [1.29, 1.82) is 0 Å². The molecule has 0 aliphatic rings. The Labute approximate surface area is 158 Å². The highest BCUT2D eigenvalue weighted by molar-refractivity contribution is 6.36. The van der Waals surface area contributed by atoms with E-state index in [-0.39, 0.29) is 5.82 Å². The topological polar surface area (TPSA) is 47.0 Å². The van der Waals surface area contributed by atoms with Crippen LogP contribution in [0.2, 0.25) is 5.02 Å². The molecule has 138 valence electrons. The SMILES string of the molecule is C=O.C=O.CC.Cc1ccccc1-c1nc2cc(F)ccc2c(Cl)c1C. The number of aromatic nitrogens is 1. The van der Waals surface area contributed by atoms with Gasteiger partial charge in [0, 0.05) is 17.0 Å². The van der Waals surface area contributed by atoms with Gasteiger partial charge in [0.25, 0.3) is 0 Å². The minimum Gasteiger partial charge on any atom is -0.307 e. The molecule has 1 heterocycles. The van der Waals surface area contributed by atoms with Crippen molar-refractivity contribution in [3.63, 3.8) is 0 Å². The Morgan fingerprint density at radius 3 is 2.12 bits per heavy atom. The summed E-state index contributed by atoms with van der Waals surface area (Å²) in [6.07, 6.45) is 0. The summed E-state index contributed by atoms with van der Waals surface area (Å²) in [5, 5.41) is 1.41. The smallest absolute Gasteiger partial charge is 0.125 e. The molecule has 0 saturated heterocycles. The van der Waals surface area contributed by atoms with E-state index in [0.29, 0.717) is 10.5 Å². The van der Waals surface area contributed by atoms with Crippen LogP contribution in [0, 0.1) is 19.7 Å². The van der Waals surface area contributed by atoms with Gasteiger partial charge in [-0.25, -0.2) is 9.37 Å². The molecule has 0 atom stereocenters. The van der Waals surface area contributed by atoms with Gasteiger partial charge < -0.3 is 9.59 Å². The number of hydrogen-bond acceptors (Lipinski definition) is 3. The highest BCUT2D eigenvalue weighted by atomic mass is 35.5. The van der Waals surface area contributed by atoms with Gasteiger partial charge in [-0.05, 0) is 37.1 Å². The number of carbonyl (C=O) groups is 2. The Hall–Kier alpha value is -2.59. The van der Waals surface area contributed by atoms with Crippen LogP contribution in [0.25, 0.3) is 22.2 Å². The number of carbonyl (C=O) groups excluding carboxylic acids is 2. The molecule has 26 heavy (non-hydrogen) atoms. The van der Waals surface area contributed by atoms with E-state index in [2.05, 4.69) is 4.98 Å². The molecule has 1 aromatic heterocycles. The minimum absolute atomic E-state index is 0.305. The summed E-state index contributed by atoms with van der Waals surface area (Å²) < 4.78 is 13.4. The van der Waals surface area contributed by atoms with Crippen molar-refractivity contribution in [2.75, 3.05) is 0 Å². The average Bonchev–Trinajstić information content (AvgIpc) is 2.70. The van der Waals surface area contributed by atoms with E-state index in [0.717, 1.165) is 27.8 Å². The lowest BCUT2D eigenvalue weighted by molar-refractivity contribution is -0.0987. The number of aryl methyl sites for hydroxylation is 1. The lowest BCUT2D eigenvalue weighted by Crippen LogP contribution is -1.94. The van der Waals surface area contributed by atoms with Crippen LogP contribution in [-0.2, 0) is 9.59 Å². The lowest BCUT2D eigenvalue weighted by atomic mass is 10.0. The normalized spacial score (nSPS) is 9.00. The van der Waals surface area contributed by atoms with Crippen LogP contribution in [0.15, 0.2) is 42.5 Å². The zero-order valence-corrected chi connectivity index (χ0v) is 16.2. The molecular weight excluding hydrogens is 353 g/mol. The van der Waals surface area contributed by atoms with E-state index >= 15 is 0 Å². The first-order valence-electron chi connectivity index (χ1n) is 7.97. The van der Waals surface area contributed by atoms with E-state index in [1.807, 2.05) is 65.5 Å². The molecule has 3 rings (SSSR count). The number of halogens is 2. The summed E-state index contributed by atoms with van der Waals surface area (Å²) in [6.45, 7) is 12.0. The molecule has 0 amide bonds. The number of nitrogens with zero attached hydrogens (tertiary/aromatic N) is 1. The summed E-state index contributed by atoms with van der Waals surface area (Å²) in [5.41, 5.74) is 4.46. The standard InChI is InChI=1S/C17H13ClFN.C2H6.2CH2O/c1-10-5-3-4-6-13(10)17-11(2)16(18)14-8-7-12(19)9-15(14)20-17;3*1-2/h3-9H,1-2H3;1-2H3;2*1H2. The zero-order valence-electron chi connectivity index (χ0n) is 15.5. The lowest BCUT2D eigenvalue weighted by Gasteiger charge is -2.12. The van der Waals surface area contributed by atoms with Crippen LogP contribution >= 0.6 is 11.6 Å². The number of rotatable bonds is 1. The third-order valence-corrected chi connectivity index (χ3v) is 4.00. The minimum atomic E-state index is -0.305. The third-order valence-electron chi connectivity index (χ3n) is 3.51. The van der Waals surface area contributed by atoms with Crippen molar-refractivity contribution < 1.29 is 14.0 Å². The summed E-state index contributed by atoms with van der Waals surface area (Å²) >= 11 is 6.42. The fourth-order valence-electron chi connectivity index (χ4n) is 2.39. The first-order chi connectivity index (χ1) is 12.6. The van der Waals surface area contributed by atoms with E-state index in [9.17, 15) is 4.39 Å². The van der Waals surface area contributed by atoms with Crippen LogP contribution in [0.1, 0.15) is 25.0 Å². The van der Waals surface area contributed by atoms with Gasteiger partial charge in [0.2, 0.25) is 0 Å². The van der Waals surface area contributed by atoms with Crippen molar-refractivity contribution in [1.82, 2.24) is 4.98 Å². The van der Waals surface area contributed by atoms with Gasteiger partial charge in [-0.15, -0.1) is 0 Å². The number of benzene rings is 2. The van der Waals surface area contributed by atoms with Crippen molar-refractivity contribution in [3.05, 3.63) is 64.4 Å². The van der Waals surface area contributed by atoms with Gasteiger partial charge >= 0.3 is 0 Å². The average molecular weight is 376 g/mol. The predicted octanol–water partition coefficient (Wildman–Crippen LogP) is 5.97. The molecule has 0 saturated carbocycles. The molecular formula is C21H23ClFNO2. The van der Waals surface area contributed by atoms with Gasteiger partial charge in [0.05, 0.1) is 16.2 Å². The molecule has 0 unspecified atom stereocenters. The Bertz CT molecular complexity index is 851. The highest BCUT2D eigenvalue weighted by Crippen LogP contribution is 2.34. The molecule has 0 aliphatic heterocycles. The molecule has 0 N–H and O–H groups in total. The predicted molar refractivity (Wildman–Crippen MR) is 107 cm³/mol. The first-order valence-corrected chi connectivity index (χ1v) is 8.35. The molecule has 0 fully saturated rings. The van der Waals surface area contributed by atoms with Gasteiger partial charge in [0.1, 0.15) is 19.4 Å². The summed E-state index contributed by atoms with van der Waals surface area (Å²) in [4.78, 5) is 20.6. The monoisotopic (exact) mass is 375 g/mol. The fraction of sp³-hybridized carbons (Fsp3) is 0.190. The number of pyridine rings is 1. The van der Waals surface area contributed by atoms with Crippen molar-refractivity contribution in [3.8, 4) is 11.3 Å².